The molecule has 0 amide bonds. The molecule has 2 rings (SSSR count). The van der Waals surface area contributed by atoms with Crippen LogP contribution in [0.3, 0.4) is 0 Å². The Labute approximate surface area is 89.4 Å². The van der Waals surface area contributed by atoms with Gasteiger partial charge in [0.1, 0.15) is 0 Å². The van der Waals surface area contributed by atoms with Crippen LogP contribution in [-0.4, -0.2) is 11.1 Å². The molecule has 0 spiro atoms. The molecule has 1 fully saturated rings. The second-order valence-corrected chi connectivity index (χ2v) is 4.71. The van der Waals surface area contributed by atoms with Crippen LogP contribution in [0.5, 0.6) is 0 Å². The Balaban J connectivity index is 2.16. The molecule has 0 unspecified atom stereocenters. The third kappa shape index (κ3) is 1.45. The van der Waals surface area contributed by atoms with Gasteiger partial charge in [0.15, 0.2) is 0 Å². The van der Waals surface area contributed by atoms with Gasteiger partial charge in [0.05, 0.1) is 17.9 Å². The zero-order chi connectivity index (χ0) is 11.1. The minimum absolute atomic E-state index is 0.00182. The van der Waals surface area contributed by atoms with Crippen LogP contribution in [0.25, 0.3) is 0 Å². The molecule has 3 heteroatoms. The Bertz CT molecular complexity index is 366. The molecule has 15 heavy (non-hydrogen) atoms. The Hall–Kier alpha value is -1.30. The lowest BCUT2D eigenvalue weighted by Crippen LogP contribution is -2.45. The van der Waals surface area contributed by atoms with E-state index in [0.717, 1.165) is 19.3 Å². The van der Waals surface area contributed by atoms with Crippen LogP contribution in [-0.2, 0) is 4.79 Å². The van der Waals surface area contributed by atoms with Crippen LogP contribution in [0.2, 0.25) is 0 Å². The van der Waals surface area contributed by atoms with Crippen LogP contribution >= 0.6 is 0 Å². The van der Waals surface area contributed by atoms with Gasteiger partial charge in [-0.3, -0.25) is 4.79 Å². The summed E-state index contributed by atoms with van der Waals surface area (Å²) in [5.74, 6) is -0.110. The predicted molar refractivity (Wildman–Crippen MR) is 54.9 cm³/mol. The molecule has 2 aliphatic carbocycles. The second-order valence-electron chi connectivity index (χ2n) is 4.71. The fraction of sp³-hybridized carbons (Fsp3) is 0.667. The van der Waals surface area contributed by atoms with Crippen molar-refractivity contribution in [1.29, 1.82) is 5.26 Å². The second kappa shape index (κ2) is 3.37. The fourth-order valence-corrected chi connectivity index (χ4v) is 3.06. The monoisotopic (exact) mass is 205 g/mol. The average molecular weight is 205 g/mol. The van der Waals surface area contributed by atoms with Crippen molar-refractivity contribution in [3.8, 4) is 6.07 Å². The Morgan fingerprint density at radius 2 is 2.53 bits per heavy atom. The third-order valence-electron chi connectivity index (χ3n) is 3.86. The van der Waals surface area contributed by atoms with Gasteiger partial charge in [-0.25, -0.2) is 0 Å². The molecule has 0 aliphatic heterocycles. The third-order valence-corrected chi connectivity index (χ3v) is 3.86. The Kier molecular flexibility index (Phi) is 2.30. The van der Waals surface area contributed by atoms with Crippen molar-refractivity contribution in [2.24, 2.45) is 17.3 Å². The molecule has 0 radical (unpaired) electrons. The van der Waals surface area contributed by atoms with Crippen LogP contribution in [0.1, 0.15) is 32.6 Å². The molecular weight excluding hydrogens is 190 g/mol. The van der Waals surface area contributed by atoms with E-state index in [0.29, 0.717) is 5.92 Å². The quantitative estimate of drug-likeness (QED) is 0.719. The summed E-state index contributed by atoms with van der Waals surface area (Å²) >= 11 is 0. The Morgan fingerprint density at radius 1 is 1.80 bits per heavy atom. The molecule has 1 N–H and O–H groups in total. The lowest BCUT2D eigenvalue weighted by atomic mass is 9.54. The lowest BCUT2D eigenvalue weighted by Gasteiger charge is -2.46. The molecule has 80 valence electrons. The van der Waals surface area contributed by atoms with E-state index >= 15 is 0 Å². The van der Waals surface area contributed by atoms with Crippen molar-refractivity contribution < 1.29 is 9.90 Å². The number of hydrogen-bond donors (Lipinski definition) is 1. The smallest absolute Gasteiger partial charge is 0.304 e. The number of hydrogen-bond acceptors (Lipinski definition) is 2. The maximum absolute atomic E-state index is 10.7. The van der Waals surface area contributed by atoms with Gasteiger partial charge in [-0.1, -0.05) is 18.6 Å². The zero-order valence-electron chi connectivity index (χ0n) is 8.86. The van der Waals surface area contributed by atoms with Gasteiger partial charge < -0.3 is 5.11 Å². The fourth-order valence-electron chi connectivity index (χ4n) is 3.06. The number of carbonyl (C=O) groups is 1. The first-order valence-corrected chi connectivity index (χ1v) is 5.44. The molecule has 0 saturated heterocycles. The highest BCUT2D eigenvalue weighted by Gasteiger charge is 2.56. The standard InChI is InChI=1S/C12H15NO2/c1-2-8-3-9-5-12(7-13,6-11(14)15)10(9)4-8/h4,9-10H,2-3,5-6H2,1H3,(H,14,15)/t9-,10+,12+/m0/s1. The number of nitriles is 1. The van der Waals surface area contributed by atoms with Crippen LogP contribution in [0, 0.1) is 28.6 Å². The number of aliphatic carboxylic acids is 1. The molecule has 0 aromatic rings. The first kappa shape index (κ1) is 10.2. The topological polar surface area (TPSA) is 61.1 Å². The van der Waals surface area contributed by atoms with Gasteiger partial charge in [-0.05, 0) is 31.1 Å². The van der Waals surface area contributed by atoms with E-state index in [1.54, 1.807) is 0 Å². The van der Waals surface area contributed by atoms with E-state index in [1.165, 1.54) is 5.57 Å². The van der Waals surface area contributed by atoms with Gasteiger partial charge in [-0.15, -0.1) is 0 Å². The van der Waals surface area contributed by atoms with Gasteiger partial charge in [-0.2, -0.15) is 5.26 Å². The van der Waals surface area contributed by atoms with Gasteiger partial charge >= 0.3 is 5.97 Å². The van der Waals surface area contributed by atoms with Crippen molar-refractivity contribution in [2.75, 3.05) is 0 Å². The lowest BCUT2D eigenvalue weighted by molar-refractivity contribution is -0.142. The average Bonchev–Trinajstić information content (AvgIpc) is 2.53. The normalized spacial score (nSPS) is 37.5. The van der Waals surface area contributed by atoms with Crippen molar-refractivity contribution in [1.82, 2.24) is 0 Å². The summed E-state index contributed by atoms with van der Waals surface area (Å²) in [6.45, 7) is 2.11. The van der Waals surface area contributed by atoms with Crippen molar-refractivity contribution in [3.05, 3.63) is 11.6 Å². The minimum atomic E-state index is -0.853. The largest absolute Gasteiger partial charge is 0.481 e. The maximum atomic E-state index is 10.7. The molecular formula is C12H15NO2. The number of nitrogens with zero attached hydrogens (tertiary/aromatic N) is 1. The van der Waals surface area contributed by atoms with E-state index in [4.69, 9.17) is 10.4 Å². The summed E-state index contributed by atoms with van der Waals surface area (Å²) in [6.07, 6.45) is 5.02. The van der Waals surface area contributed by atoms with E-state index in [9.17, 15) is 4.79 Å². The van der Waals surface area contributed by atoms with Crippen LogP contribution < -0.4 is 0 Å². The number of rotatable bonds is 3. The van der Waals surface area contributed by atoms with E-state index in [2.05, 4.69) is 19.1 Å². The van der Waals surface area contributed by atoms with Crippen molar-refractivity contribution in [3.63, 3.8) is 0 Å². The molecule has 0 bridgehead atoms. The molecule has 3 nitrogen and oxygen atoms in total. The Morgan fingerprint density at radius 3 is 3.07 bits per heavy atom. The summed E-state index contributed by atoms with van der Waals surface area (Å²) in [4.78, 5) is 10.7. The van der Waals surface area contributed by atoms with Crippen LogP contribution in [0.4, 0.5) is 0 Å². The van der Waals surface area contributed by atoms with Crippen LogP contribution in [0.15, 0.2) is 11.6 Å². The first-order chi connectivity index (χ1) is 7.11. The minimum Gasteiger partial charge on any atom is -0.481 e. The molecule has 2 aliphatic rings. The number of carboxylic acids is 1. The zero-order valence-corrected chi connectivity index (χ0v) is 8.86. The first-order valence-electron chi connectivity index (χ1n) is 5.44. The number of fused-ring (bicyclic) bond motifs is 1. The molecule has 1 saturated carbocycles. The summed E-state index contributed by atoms with van der Waals surface area (Å²) in [6, 6.07) is 2.24. The molecule has 0 heterocycles. The summed E-state index contributed by atoms with van der Waals surface area (Å²) in [7, 11) is 0. The number of carboxylic acid groups (broad SMARTS) is 1. The van der Waals surface area contributed by atoms with Crippen molar-refractivity contribution in [2.45, 2.75) is 32.6 Å². The van der Waals surface area contributed by atoms with E-state index in [-0.39, 0.29) is 12.3 Å². The highest BCUT2D eigenvalue weighted by Crippen LogP contribution is 2.59. The van der Waals surface area contributed by atoms with E-state index < -0.39 is 11.4 Å². The SMILES string of the molecule is CCC1=C[C@@H]2[C@@H](C1)C[C@]2(C#N)CC(=O)O. The summed E-state index contributed by atoms with van der Waals surface area (Å²) < 4.78 is 0. The van der Waals surface area contributed by atoms with Gasteiger partial charge in [0, 0.05) is 0 Å². The van der Waals surface area contributed by atoms with Gasteiger partial charge in [0.2, 0.25) is 0 Å². The van der Waals surface area contributed by atoms with Gasteiger partial charge in [0.25, 0.3) is 0 Å². The molecule has 0 aromatic heterocycles. The predicted octanol–water partition coefficient (Wildman–Crippen LogP) is 2.35. The molecule has 3 atom stereocenters. The van der Waals surface area contributed by atoms with Crippen molar-refractivity contribution >= 4 is 5.97 Å². The number of allylic oxidation sites excluding steroid dienone is 2. The van der Waals surface area contributed by atoms with E-state index in [1.807, 2.05) is 0 Å². The highest BCUT2D eigenvalue weighted by atomic mass is 16.4. The summed E-state index contributed by atoms with van der Waals surface area (Å²) in [5.41, 5.74) is 0.792. The highest BCUT2D eigenvalue weighted by molar-refractivity contribution is 5.69. The summed E-state index contributed by atoms with van der Waals surface area (Å²) in [5, 5.41) is 18.0. The maximum Gasteiger partial charge on any atom is 0.304 e. The molecule has 0 aromatic carbocycles.